The molecule has 0 spiro atoms. The molecule has 0 aliphatic rings. The Balaban J connectivity index is 3.08. The van der Waals surface area contributed by atoms with Gasteiger partial charge in [-0.2, -0.15) is 0 Å². The molecule has 0 saturated heterocycles. The first-order valence-corrected chi connectivity index (χ1v) is 6.96. The van der Waals surface area contributed by atoms with Crippen molar-refractivity contribution in [3.05, 3.63) is 34.9 Å². The van der Waals surface area contributed by atoms with E-state index in [0.717, 1.165) is 6.42 Å². The SMILES string of the molecule is CCCC(C(=O)OCC)C(C)(O)c1cccc(Cl)c1. The van der Waals surface area contributed by atoms with Gasteiger partial charge in [0, 0.05) is 5.02 Å². The zero-order valence-corrected chi connectivity index (χ0v) is 12.4. The number of aliphatic hydroxyl groups is 1. The molecular formula is C15H21ClO3. The molecule has 19 heavy (non-hydrogen) atoms. The van der Waals surface area contributed by atoms with Crippen LogP contribution in [0.1, 0.15) is 39.2 Å². The Labute approximate surface area is 119 Å². The van der Waals surface area contributed by atoms with Crippen LogP contribution >= 0.6 is 11.6 Å². The second kappa shape index (κ2) is 6.92. The second-order valence-corrected chi connectivity index (χ2v) is 5.19. The molecule has 0 saturated carbocycles. The van der Waals surface area contributed by atoms with Gasteiger partial charge in [-0.15, -0.1) is 0 Å². The van der Waals surface area contributed by atoms with Crippen molar-refractivity contribution in [2.24, 2.45) is 5.92 Å². The largest absolute Gasteiger partial charge is 0.466 e. The van der Waals surface area contributed by atoms with E-state index >= 15 is 0 Å². The summed E-state index contributed by atoms with van der Waals surface area (Å²) in [4.78, 5) is 12.0. The lowest BCUT2D eigenvalue weighted by atomic mass is 9.80. The smallest absolute Gasteiger partial charge is 0.312 e. The maximum absolute atomic E-state index is 12.0. The number of ether oxygens (including phenoxy) is 1. The highest BCUT2D eigenvalue weighted by Crippen LogP contribution is 2.34. The summed E-state index contributed by atoms with van der Waals surface area (Å²) in [6.45, 7) is 5.68. The van der Waals surface area contributed by atoms with Crippen LogP contribution in [0.4, 0.5) is 0 Å². The third-order valence-electron chi connectivity index (χ3n) is 3.24. The Morgan fingerprint density at radius 2 is 2.16 bits per heavy atom. The molecule has 1 aromatic carbocycles. The van der Waals surface area contributed by atoms with Crippen LogP contribution in [0.5, 0.6) is 0 Å². The average molecular weight is 285 g/mol. The van der Waals surface area contributed by atoms with E-state index in [9.17, 15) is 9.90 Å². The fourth-order valence-electron chi connectivity index (χ4n) is 2.16. The van der Waals surface area contributed by atoms with Crippen LogP contribution in [-0.4, -0.2) is 17.7 Å². The third-order valence-corrected chi connectivity index (χ3v) is 3.47. The molecule has 1 aromatic rings. The molecule has 2 atom stereocenters. The summed E-state index contributed by atoms with van der Waals surface area (Å²) in [7, 11) is 0. The molecule has 0 amide bonds. The van der Waals surface area contributed by atoms with Gasteiger partial charge < -0.3 is 9.84 Å². The Bertz CT molecular complexity index is 429. The van der Waals surface area contributed by atoms with E-state index in [1.54, 1.807) is 38.1 Å². The number of esters is 1. The van der Waals surface area contributed by atoms with Crippen molar-refractivity contribution in [2.45, 2.75) is 39.2 Å². The molecular weight excluding hydrogens is 264 g/mol. The van der Waals surface area contributed by atoms with E-state index in [4.69, 9.17) is 16.3 Å². The molecule has 1 N–H and O–H groups in total. The van der Waals surface area contributed by atoms with Crippen molar-refractivity contribution >= 4 is 17.6 Å². The van der Waals surface area contributed by atoms with Gasteiger partial charge in [-0.1, -0.05) is 37.1 Å². The third kappa shape index (κ3) is 3.95. The molecule has 0 aromatic heterocycles. The van der Waals surface area contributed by atoms with Crippen molar-refractivity contribution < 1.29 is 14.6 Å². The van der Waals surface area contributed by atoms with Crippen LogP contribution in [0, 0.1) is 5.92 Å². The van der Waals surface area contributed by atoms with Crippen LogP contribution in [-0.2, 0) is 15.1 Å². The van der Waals surface area contributed by atoms with Gasteiger partial charge in [0.25, 0.3) is 0 Å². The zero-order chi connectivity index (χ0) is 14.5. The van der Waals surface area contributed by atoms with E-state index in [1.807, 2.05) is 6.92 Å². The first-order chi connectivity index (χ1) is 8.93. The summed E-state index contributed by atoms with van der Waals surface area (Å²) in [5.74, 6) is -0.953. The minimum Gasteiger partial charge on any atom is -0.466 e. The van der Waals surface area contributed by atoms with Crippen molar-refractivity contribution in [2.75, 3.05) is 6.61 Å². The molecule has 1 rings (SSSR count). The van der Waals surface area contributed by atoms with Gasteiger partial charge in [-0.25, -0.2) is 0 Å². The molecule has 2 unspecified atom stereocenters. The van der Waals surface area contributed by atoms with E-state index in [2.05, 4.69) is 0 Å². The molecule has 4 heteroatoms. The molecule has 0 heterocycles. The number of carbonyl (C=O) groups is 1. The molecule has 0 aliphatic carbocycles. The topological polar surface area (TPSA) is 46.5 Å². The molecule has 3 nitrogen and oxygen atoms in total. The molecule has 0 bridgehead atoms. The lowest BCUT2D eigenvalue weighted by molar-refractivity contribution is -0.158. The number of benzene rings is 1. The summed E-state index contributed by atoms with van der Waals surface area (Å²) in [5.41, 5.74) is -0.654. The van der Waals surface area contributed by atoms with Crippen molar-refractivity contribution in [3.8, 4) is 0 Å². The van der Waals surface area contributed by atoms with Crippen LogP contribution in [0.2, 0.25) is 5.02 Å². The maximum Gasteiger partial charge on any atom is 0.312 e. The second-order valence-electron chi connectivity index (χ2n) is 4.75. The monoisotopic (exact) mass is 284 g/mol. The normalized spacial score (nSPS) is 15.6. The standard InChI is InChI=1S/C15H21ClO3/c1-4-7-13(14(17)19-5-2)15(3,18)11-8-6-9-12(16)10-11/h6,8-10,13,18H,4-5,7H2,1-3H3. The van der Waals surface area contributed by atoms with Gasteiger partial charge in [0.15, 0.2) is 0 Å². The number of carbonyl (C=O) groups excluding carboxylic acids is 1. The van der Waals surface area contributed by atoms with E-state index in [0.29, 0.717) is 23.6 Å². The van der Waals surface area contributed by atoms with Gasteiger partial charge in [0.2, 0.25) is 0 Å². The Morgan fingerprint density at radius 1 is 1.47 bits per heavy atom. The Hall–Kier alpha value is -1.06. The minimum atomic E-state index is -1.28. The highest BCUT2D eigenvalue weighted by Gasteiger charge is 2.39. The van der Waals surface area contributed by atoms with Crippen LogP contribution in [0.3, 0.4) is 0 Å². The van der Waals surface area contributed by atoms with Gasteiger partial charge in [0.05, 0.1) is 12.5 Å². The summed E-state index contributed by atoms with van der Waals surface area (Å²) in [6, 6.07) is 6.96. The van der Waals surface area contributed by atoms with Crippen molar-refractivity contribution in [1.82, 2.24) is 0 Å². The van der Waals surface area contributed by atoms with E-state index < -0.39 is 11.5 Å². The number of hydrogen-bond acceptors (Lipinski definition) is 3. The average Bonchev–Trinajstić information content (AvgIpc) is 2.36. The van der Waals surface area contributed by atoms with Crippen molar-refractivity contribution in [3.63, 3.8) is 0 Å². The van der Waals surface area contributed by atoms with Gasteiger partial charge in [0.1, 0.15) is 5.60 Å². The molecule has 0 fully saturated rings. The first kappa shape index (κ1) is 16.0. The Morgan fingerprint density at radius 3 is 2.68 bits per heavy atom. The van der Waals surface area contributed by atoms with Crippen LogP contribution < -0.4 is 0 Å². The summed E-state index contributed by atoms with van der Waals surface area (Å²) in [5, 5.41) is 11.3. The zero-order valence-electron chi connectivity index (χ0n) is 11.6. The van der Waals surface area contributed by atoms with Crippen LogP contribution in [0.15, 0.2) is 24.3 Å². The highest BCUT2D eigenvalue weighted by atomic mass is 35.5. The first-order valence-electron chi connectivity index (χ1n) is 6.58. The van der Waals surface area contributed by atoms with E-state index in [1.165, 1.54) is 0 Å². The quantitative estimate of drug-likeness (QED) is 0.813. The van der Waals surface area contributed by atoms with Gasteiger partial charge in [-0.3, -0.25) is 4.79 Å². The molecule has 0 aliphatic heterocycles. The lowest BCUT2D eigenvalue weighted by Gasteiger charge is -2.31. The predicted octanol–water partition coefficient (Wildman–Crippen LogP) is 3.53. The summed E-state index contributed by atoms with van der Waals surface area (Å²) >= 11 is 5.95. The van der Waals surface area contributed by atoms with Crippen LogP contribution in [0.25, 0.3) is 0 Å². The number of halogens is 1. The highest BCUT2D eigenvalue weighted by molar-refractivity contribution is 6.30. The molecule has 0 radical (unpaired) electrons. The van der Waals surface area contributed by atoms with Gasteiger partial charge in [-0.05, 0) is 38.0 Å². The summed E-state index contributed by atoms with van der Waals surface area (Å²) < 4.78 is 5.06. The number of hydrogen-bond donors (Lipinski definition) is 1. The maximum atomic E-state index is 12.0. The minimum absolute atomic E-state index is 0.310. The Kier molecular flexibility index (Phi) is 5.83. The predicted molar refractivity (Wildman–Crippen MR) is 76.1 cm³/mol. The van der Waals surface area contributed by atoms with E-state index in [-0.39, 0.29) is 5.97 Å². The lowest BCUT2D eigenvalue weighted by Crippen LogP contribution is -2.38. The van der Waals surface area contributed by atoms with Crippen molar-refractivity contribution in [1.29, 1.82) is 0 Å². The van der Waals surface area contributed by atoms with Gasteiger partial charge >= 0.3 is 5.97 Å². The molecule has 106 valence electrons. The summed E-state index contributed by atoms with van der Waals surface area (Å²) in [6.07, 6.45) is 1.36. The fourth-order valence-corrected chi connectivity index (χ4v) is 2.35. The number of rotatable bonds is 6. The fraction of sp³-hybridized carbons (Fsp3) is 0.533.